The molecule has 6 rings (SSSR count). The summed E-state index contributed by atoms with van der Waals surface area (Å²) in [5, 5.41) is 1.91. The van der Waals surface area contributed by atoms with Crippen LogP contribution in [-0.4, -0.2) is 37.9 Å². The summed E-state index contributed by atoms with van der Waals surface area (Å²) in [6.45, 7) is 4.44. The van der Waals surface area contributed by atoms with Gasteiger partial charge in [-0.15, -0.1) is 0 Å². The maximum atomic E-state index is 13.9. The zero-order valence-electron chi connectivity index (χ0n) is 19.7. The molecule has 0 spiro atoms. The van der Waals surface area contributed by atoms with Gasteiger partial charge in [-0.2, -0.15) is 0 Å². The summed E-state index contributed by atoms with van der Waals surface area (Å²) in [5.41, 5.74) is 6.03. The number of thiocarbonyl (C=S) groups is 1. The Balaban J connectivity index is 1.50. The SMILES string of the molecule is CC(C)c1ccc(C2c3[nH]c4ccc(Br)cc4c3CC3C(=O)N(C4CCCCC4)C(=S)N32)cc1. The van der Waals surface area contributed by atoms with E-state index in [9.17, 15) is 4.79 Å². The van der Waals surface area contributed by atoms with Gasteiger partial charge < -0.3 is 9.88 Å². The Labute approximate surface area is 214 Å². The van der Waals surface area contributed by atoms with Crippen molar-refractivity contribution in [3.05, 3.63) is 69.3 Å². The normalized spacial score (nSPS) is 23.2. The van der Waals surface area contributed by atoms with Gasteiger partial charge in [0.05, 0.1) is 6.04 Å². The molecule has 2 aliphatic heterocycles. The van der Waals surface area contributed by atoms with Crippen LogP contribution in [0.1, 0.15) is 80.3 Å². The number of amides is 1. The van der Waals surface area contributed by atoms with Crippen LogP contribution in [0.15, 0.2) is 46.9 Å². The van der Waals surface area contributed by atoms with Crippen molar-refractivity contribution in [1.29, 1.82) is 0 Å². The summed E-state index contributed by atoms with van der Waals surface area (Å²) < 4.78 is 1.05. The third-order valence-electron chi connectivity index (χ3n) is 7.99. The van der Waals surface area contributed by atoms with Gasteiger partial charge in [-0.1, -0.05) is 73.3 Å². The van der Waals surface area contributed by atoms with E-state index in [4.69, 9.17) is 12.2 Å². The van der Waals surface area contributed by atoms with E-state index < -0.39 is 0 Å². The van der Waals surface area contributed by atoms with Crippen LogP contribution in [0.5, 0.6) is 0 Å². The molecule has 176 valence electrons. The molecule has 2 atom stereocenters. The number of aromatic amines is 1. The molecule has 1 saturated heterocycles. The minimum absolute atomic E-state index is 0.0915. The third kappa shape index (κ3) is 3.44. The third-order valence-corrected chi connectivity index (χ3v) is 8.89. The molecule has 2 unspecified atom stereocenters. The van der Waals surface area contributed by atoms with Crippen molar-refractivity contribution in [2.24, 2.45) is 0 Å². The van der Waals surface area contributed by atoms with Crippen LogP contribution in [0.4, 0.5) is 0 Å². The molecule has 1 amide bonds. The summed E-state index contributed by atoms with van der Waals surface area (Å²) in [7, 11) is 0. The molecule has 2 fully saturated rings. The second kappa shape index (κ2) is 8.49. The van der Waals surface area contributed by atoms with E-state index in [0.29, 0.717) is 17.5 Å². The Kier molecular flexibility index (Phi) is 5.57. The molecule has 1 N–H and O–H groups in total. The van der Waals surface area contributed by atoms with Crippen molar-refractivity contribution in [3.8, 4) is 0 Å². The predicted molar refractivity (Wildman–Crippen MR) is 144 cm³/mol. The lowest BCUT2D eigenvalue weighted by atomic mass is 9.88. The molecule has 1 aliphatic carbocycles. The lowest BCUT2D eigenvalue weighted by Crippen LogP contribution is -2.44. The average Bonchev–Trinajstić information content (AvgIpc) is 3.32. The van der Waals surface area contributed by atoms with E-state index in [-0.39, 0.29) is 24.0 Å². The van der Waals surface area contributed by atoms with Gasteiger partial charge in [0.15, 0.2) is 5.11 Å². The number of fused-ring (bicyclic) bond motifs is 4. The first-order valence-electron chi connectivity index (χ1n) is 12.5. The Morgan fingerprint density at radius 1 is 1.06 bits per heavy atom. The summed E-state index contributed by atoms with van der Waals surface area (Å²) in [4.78, 5) is 21.8. The van der Waals surface area contributed by atoms with Gasteiger partial charge >= 0.3 is 0 Å². The molecule has 1 saturated carbocycles. The van der Waals surface area contributed by atoms with Crippen LogP contribution in [0.25, 0.3) is 10.9 Å². The molecule has 0 bridgehead atoms. The van der Waals surface area contributed by atoms with E-state index in [2.05, 4.69) is 82.1 Å². The average molecular weight is 537 g/mol. The first-order chi connectivity index (χ1) is 16.4. The fourth-order valence-electron chi connectivity index (χ4n) is 6.20. The summed E-state index contributed by atoms with van der Waals surface area (Å²) in [6, 6.07) is 15.2. The van der Waals surface area contributed by atoms with Gasteiger partial charge in [0.25, 0.3) is 5.91 Å². The number of halogens is 1. The van der Waals surface area contributed by atoms with Crippen molar-refractivity contribution in [1.82, 2.24) is 14.8 Å². The fraction of sp³-hybridized carbons (Fsp3) is 0.429. The fourth-order valence-corrected chi connectivity index (χ4v) is 7.03. The second-order valence-electron chi connectivity index (χ2n) is 10.3. The van der Waals surface area contributed by atoms with Gasteiger partial charge in [0, 0.05) is 33.5 Å². The quantitative estimate of drug-likeness (QED) is 0.373. The molecule has 6 heteroatoms. The highest BCUT2D eigenvalue weighted by Crippen LogP contribution is 2.45. The zero-order valence-corrected chi connectivity index (χ0v) is 22.1. The molecular weight excluding hydrogens is 506 g/mol. The number of carbonyl (C=O) groups is 1. The van der Waals surface area contributed by atoms with Gasteiger partial charge in [-0.25, -0.2) is 0 Å². The topological polar surface area (TPSA) is 39.3 Å². The highest BCUT2D eigenvalue weighted by atomic mass is 79.9. The highest BCUT2D eigenvalue weighted by molar-refractivity contribution is 9.10. The van der Waals surface area contributed by atoms with E-state index in [1.807, 2.05) is 4.90 Å². The molecule has 3 aromatic rings. The van der Waals surface area contributed by atoms with E-state index in [1.54, 1.807) is 0 Å². The molecule has 1 aromatic heterocycles. The maximum absolute atomic E-state index is 13.9. The zero-order chi connectivity index (χ0) is 23.6. The number of carbonyl (C=O) groups excluding carboxylic acids is 1. The number of aromatic nitrogens is 1. The minimum atomic E-state index is -0.241. The number of H-pyrrole nitrogens is 1. The highest BCUT2D eigenvalue weighted by Gasteiger charge is 2.52. The molecule has 0 radical (unpaired) electrons. The van der Waals surface area contributed by atoms with E-state index in [0.717, 1.165) is 22.8 Å². The van der Waals surface area contributed by atoms with Crippen LogP contribution in [0.2, 0.25) is 0 Å². The molecule has 3 heterocycles. The van der Waals surface area contributed by atoms with Gasteiger partial charge in [0.2, 0.25) is 0 Å². The van der Waals surface area contributed by atoms with Crippen LogP contribution < -0.4 is 0 Å². The molecule has 34 heavy (non-hydrogen) atoms. The van der Waals surface area contributed by atoms with Crippen molar-refractivity contribution in [3.63, 3.8) is 0 Å². The molecular formula is C28H30BrN3OS. The molecule has 2 aromatic carbocycles. The Morgan fingerprint density at radius 3 is 2.50 bits per heavy atom. The Bertz CT molecular complexity index is 1270. The van der Waals surface area contributed by atoms with Crippen LogP contribution in [-0.2, 0) is 11.2 Å². The number of benzene rings is 2. The number of hydrogen-bond donors (Lipinski definition) is 1. The second-order valence-corrected chi connectivity index (χ2v) is 11.6. The summed E-state index contributed by atoms with van der Waals surface area (Å²) >= 11 is 9.73. The number of nitrogens with zero attached hydrogens (tertiary/aromatic N) is 2. The first kappa shape index (κ1) is 22.3. The summed E-state index contributed by atoms with van der Waals surface area (Å²) in [6.07, 6.45) is 6.42. The predicted octanol–water partition coefficient (Wildman–Crippen LogP) is 6.83. The van der Waals surface area contributed by atoms with Crippen LogP contribution in [0.3, 0.4) is 0 Å². The van der Waals surface area contributed by atoms with Crippen molar-refractivity contribution >= 4 is 50.1 Å². The number of hydrogen-bond acceptors (Lipinski definition) is 2. The monoisotopic (exact) mass is 535 g/mol. The van der Waals surface area contributed by atoms with Crippen molar-refractivity contribution < 1.29 is 4.79 Å². The van der Waals surface area contributed by atoms with Crippen LogP contribution in [0, 0.1) is 0 Å². The number of rotatable bonds is 3. The van der Waals surface area contributed by atoms with Crippen LogP contribution >= 0.6 is 28.1 Å². The van der Waals surface area contributed by atoms with Crippen molar-refractivity contribution in [2.75, 3.05) is 0 Å². The van der Waals surface area contributed by atoms with Gasteiger partial charge in [-0.05, 0) is 65.9 Å². The summed E-state index contributed by atoms with van der Waals surface area (Å²) in [5.74, 6) is 0.668. The largest absolute Gasteiger partial charge is 0.356 e. The van der Waals surface area contributed by atoms with E-state index >= 15 is 0 Å². The van der Waals surface area contributed by atoms with Crippen molar-refractivity contribution in [2.45, 2.75) is 76.4 Å². The van der Waals surface area contributed by atoms with Gasteiger partial charge in [0.1, 0.15) is 6.04 Å². The maximum Gasteiger partial charge on any atom is 0.252 e. The van der Waals surface area contributed by atoms with Gasteiger partial charge in [-0.3, -0.25) is 9.69 Å². The first-order valence-corrected chi connectivity index (χ1v) is 13.7. The van der Waals surface area contributed by atoms with E-state index in [1.165, 1.54) is 47.0 Å². The molecule has 3 aliphatic rings. The lowest BCUT2D eigenvalue weighted by molar-refractivity contribution is -0.130. The standard InChI is InChI=1S/C28H30BrN3OS/c1-16(2)17-8-10-18(11-9-17)26-25-22(21-14-19(29)12-13-23(21)30-25)15-24-27(33)31(28(34)32(24)26)20-6-4-3-5-7-20/h8-14,16,20,24,26,30H,3-7,15H2,1-2H3. The Hall–Kier alpha value is -2.18. The Morgan fingerprint density at radius 2 is 1.79 bits per heavy atom. The smallest absolute Gasteiger partial charge is 0.252 e. The number of nitrogens with one attached hydrogen (secondary N) is 1. The minimum Gasteiger partial charge on any atom is -0.356 e. The molecule has 4 nitrogen and oxygen atoms in total. The lowest BCUT2D eigenvalue weighted by Gasteiger charge is -2.38.